The van der Waals surface area contributed by atoms with Crippen LogP contribution in [0.2, 0.25) is 0 Å². The van der Waals surface area contributed by atoms with Crippen LogP contribution in [0.1, 0.15) is 38.2 Å². The fourth-order valence-corrected chi connectivity index (χ4v) is 4.69. The van der Waals surface area contributed by atoms with E-state index in [9.17, 15) is 22.8 Å². The van der Waals surface area contributed by atoms with E-state index >= 15 is 0 Å². The van der Waals surface area contributed by atoms with Gasteiger partial charge in [0.05, 0.1) is 17.8 Å². The van der Waals surface area contributed by atoms with Crippen molar-refractivity contribution in [3.05, 3.63) is 35.9 Å². The van der Waals surface area contributed by atoms with Gasteiger partial charge in [-0.3, -0.25) is 19.4 Å². The Labute approximate surface area is 200 Å². The van der Waals surface area contributed by atoms with Gasteiger partial charge < -0.3 is 22.1 Å². The maximum atomic E-state index is 13.4. The van der Waals surface area contributed by atoms with Crippen molar-refractivity contribution in [1.29, 1.82) is 0 Å². The van der Waals surface area contributed by atoms with Gasteiger partial charge in [0.25, 0.3) is 0 Å². The minimum Gasteiger partial charge on any atom is -0.370 e. The first-order valence-corrected chi connectivity index (χ1v) is 13.0. The molecular weight excluding hydrogens is 460 g/mol. The summed E-state index contributed by atoms with van der Waals surface area (Å²) in [5, 5.41) is 0. The molecule has 1 amide bonds. The molecule has 0 unspecified atom stereocenters. The minimum atomic E-state index is -3.71. The number of hydrogen-bond acceptors (Lipinski definition) is 7. The fraction of sp³-hybridized carbons (Fsp3) is 0.545. The Hall–Kier alpha value is -2.83. The van der Waals surface area contributed by atoms with Crippen molar-refractivity contribution in [2.45, 2.75) is 56.7 Å². The third-order valence-electron chi connectivity index (χ3n) is 5.67. The molecule has 3 atom stereocenters. The summed E-state index contributed by atoms with van der Waals surface area (Å²) < 4.78 is 26.2. The maximum absolute atomic E-state index is 13.4. The van der Waals surface area contributed by atoms with E-state index in [1.54, 1.807) is 24.3 Å². The van der Waals surface area contributed by atoms with E-state index in [4.69, 9.17) is 17.2 Å². The highest BCUT2D eigenvalue weighted by Gasteiger charge is 2.43. The average Bonchev–Trinajstić information content (AvgIpc) is 3.24. The van der Waals surface area contributed by atoms with Crippen molar-refractivity contribution in [2.24, 2.45) is 22.2 Å². The lowest BCUT2D eigenvalue weighted by Gasteiger charge is -2.30. The molecule has 34 heavy (non-hydrogen) atoms. The molecule has 1 heterocycles. The summed E-state index contributed by atoms with van der Waals surface area (Å²) >= 11 is 0. The van der Waals surface area contributed by atoms with Gasteiger partial charge in [0.15, 0.2) is 5.96 Å². The van der Waals surface area contributed by atoms with E-state index in [0.717, 1.165) is 11.8 Å². The van der Waals surface area contributed by atoms with Gasteiger partial charge in [-0.15, -0.1) is 0 Å². The molecule has 2 rings (SSSR count). The number of carbonyl (C=O) groups is 3. The van der Waals surface area contributed by atoms with Crippen LogP contribution < -0.4 is 21.9 Å². The number of nitrogens with two attached hydrogens (primary N) is 3. The summed E-state index contributed by atoms with van der Waals surface area (Å²) in [7, 11) is -3.71. The zero-order valence-electron chi connectivity index (χ0n) is 19.6. The summed E-state index contributed by atoms with van der Waals surface area (Å²) in [6.07, 6.45) is 2.47. The molecule has 1 fully saturated rings. The van der Waals surface area contributed by atoms with Crippen LogP contribution in [-0.4, -0.2) is 73.7 Å². The van der Waals surface area contributed by atoms with Crippen molar-refractivity contribution < 1.29 is 22.8 Å². The Morgan fingerprint density at radius 2 is 1.88 bits per heavy atom. The lowest BCUT2D eigenvalue weighted by atomic mass is 9.87. The summed E-state index contributed by atoms with van der Waals surface area (Å²) in [5.41, 5.74) is 16.0. The number of sulfonamides is 1. The number of likely N-dealkylation sites (tertiary alicyclic amines) is 1. The number of nitrogens with zero attached hydrogens (tertiary/aromatic N) is 2. The molecule has 0 saturated carbocycles. The van der Waals surface area contributed by atoms with Gasteiger partial charge in [-0.1, -0.05) is 30.3 Å². The van der Waals surface area contributed by atoms with Crippen LogP contribution in [0.15, 0.2) is 35.3 Å². The molecule has 0 spiro atoms. The summed E-state index contributed by atoms with van der Waals surface area (Å²) in [4.78, 5) is 44.5. The molecule has 7 N–H and O–H groups in total. The van der Waals surface area contributed by atoms with Crippen LogP contribution in [0.25, 0.3) is 0 Å². The second-order valence-electron chi connectivity index (χ2n) is 8.84. The first kappa shape index (κ1) is 27.4. The Morgan fingerprint density at radius 3 is 2.47 bits per heavy atom. The van der Waals surface area contributed by atoms with Gasteiger partial charge in [-0.05, 0) is 44.6 Å². The van der Waals surface area contributed by atoms with E-state index in [2.05, 4.69) is 9.71 Å². The summed E-state index contributed by atoms with van der Waals surface area (Å²) in [5.74, 6) is -2.16. The number of rotatable bonds is 12. The number of hydrogen-bond donors (Lipinski definition) is 4. The molecule has 0 aromatic heterocycles. The fourth-order valence-electron chi connectivity index (χ4n) is 3.99. The summed E-state index contributed by atoms with van der Waals surface area (Å²) in [6, 6.07) is 6.85. The molecule has 1 aliphatic heterocycles. The number of guanidine groups is 1. The zero-order chi connectivity index (χ0) is 25.5. The third-order valence-corrected chi connectivity index (χ3v) is 6.38. The predicted octanol–water partition coefficient (Wildman–Crippen LogP) is -0.953. The Morgan fingerprint density at radius 1 is 1.24 bits per heavy atom. The average molecular weight is 495 g/mol. The highest BCUT2D eigenvalue weighted by atomic mass is 32.2. The van der Waals surface area contributed by atoms with Crippen molar-refractivity contribution >= 4 is 33.5 Å². The molecular formula is C22H34N6O5S. The Balaban J connectivity index is 2.16. The minimum absolute atomic E-state index is 0.0750. The Kier molecular flexibility index (Phi) is 9.30. The molecule has 0 aliphatic carbocycles. The van der Waals surface area contributed by atoms with E-state index in [1.165, 1.54) is 11.8 Å². The van der Waals surface area contributed by atoms with E-state index < -0.39 is 45.1 Å². The first-order chi connectivity index (χ1) is 15.8. The van der Waals surface area contributed by atoms with Crippen LogP contribution in [0.5, 0.6) is 0 Å². The lowest BCUT2D eigenvalue weighted by Crippen LogP contribution is -2.56. The number of ketones is 2. The number of aliphatic imine (C=N–C) groups is 1. The molecule has 1 aromatic carbocycles. The monoisotopic (exact) mass is 494 g/mol. The Bertz CT molecular complexity index is 1020. The summed E-state index contributed by atoms with van der Waals surface area (Å²) in [6.45, 7) is 1.97. The quantitative estimate of drug-likeness (QED) is 0.124. The van der Waals surface area contributed by atoms with Crippen LogP contribution in [-0.2, 0) is 30.8 Å². The van der Waals surface area contributed by atoms with E-state index in [0.29, 0.717) is 19.3 Å². The molecule has 1 aliphatic rings. The van der Waals surface area contributed by atoms with E-state index in [1.807, 2.05) is 6.07 Å². The number of amides is 1. The smallest absolute Gasteiger partial charge is 0.241 e. The van der Waals surface area contributed by atoms with Crippen LogP contribution in [0.4, 0.5) is 0 Å². The van der Waals surface area contributed by atoms with Gasteiger partial charge in [-0.2, -0.15) is 0 Å². The van der Waals surface area contributed by atoms with Gasteiger partial charge >= 0.3 is 0 Å². The molecule has 12 heteroatoms. The SMILES string of the molecule is C[C@](N)(CCCN=C(N)N)C(=O)C(=O)[C@@H]1CCCN1C(=O)[C@@H](Cc1ccccc1)NS(C)(=O)=O. The molecule has 11 nitrogen and oxygen atoms in total. The lowest BCUT2D eigenvalue weighted by molar-refractivity contribution is -0.145. The van der Waals surface area contributed by atoms with Crippen LogP contribution in [0, 0.1) is 0 Å². The maximum Gasteiger partial charge on any atom is 0.241 e. The standard InChI is InChI=1S/C22H34N6O5S/c1-22(25,11-7-12-26-21(23)24)19(30)18(29)17-10-6-13-28(17)20(31)16(27-34(2,32)33)14-15-8-4-3-5-9-15/h3-5,8-9,16-17,27H,6-7,10-14,25H2,1-2H3,(H4,23,24,26)/t16-,17+,22+/m1/s1. The molecule has 1 saturated heterocycles. The highest BCUT2D eigenvalue weighted by molar-refractivity contribution is 7.88. The highest BCUT2D eigenvalue weighted by Crippen LogP contribution is 2.23. The predicted molar refractivity (Wildman–Crippen MR) is 129 cm³/mol. The van der Waals surface area contributed by atoms with Gasteiger partial charge in [0.1, 0.15) is 6.04 Å². The van der Waals surface area contributed by atoms with Crippen molar-refractivity contribution in [3.63, 3.8) is 0 Å². The number of Topliss-reactive ketones (excluding diaryl/α,β-unsaturated/α-hetero) is 2. The largest absolute Gasteiger partial charge is 0.370 e. The van der Waals surface area contributed by atoms with Gasteiger partial charge in [0.2, 0.25) is 27.5 Å². The molecule has 188 valence electrons. The van der Waals surface area contributed by atoms with Crippen molar-refractivity contribution in [3.8, 4) is 0 Å². The van der Waals surface area contributed by atoms with Crippen LogP contribution in [0.3, 0.4) is 0 Å². The number of nitrogens with one attached hydrogen (secondary N) is 1. The second kappa shape index (κ2) is 11.5. The normalized spacial score (nSPS) is 18.7. The molecule has 1 aromatic rings. The second-order valence-corrected chi connectivity index (χ2v) is 10.6. The van der Waals surface area contributed by atoms with Crippen molar-refractivity contribution in [1.82, 2.24) is 9.62 Å². The number of carbonyl (C=O) groups excluding carboxylic acids is 3. The van der Waals surface area contributed by atoms with Crippen LogP contribution >= 0.6 is 0 Å². The third kappa shape index (κ3) is 7.89. The van der Waals surface area contributed by atoms with Gasteiger partial charge in [0, 0.05) is 13.1 Å². The zero-order valence-corrected chi connectivity index (χ0v) is 20.4. The molecule has 0 radical (unpaired) electrons. The van der Waals surface area contributed by atoms with E-state index in [-0.39, 0.29) is 31.9 Å². The van der Waals surface area contributed by atoms with Gasteiger partial charge in [-0.25, -0.2) is 13.1 Å². The first-order valence-electron chi connectivity index (χ1n) is 11.1. The topological polar surface area (TPSA) is 191 Å². The van der Waals surface area contributed by atoms with Crippen molar-refractivity contribution in [2.75, 3.05) is 19.3 Å². The number of benzene rings is 1. The molecule has 0 bridgehead atoms.